The lowest BCUT2D eigenvalue weighted by Gasteiger charge is -2.15. The summed E-state index contributed by atoms with van der Waals surface area (Å²) in [5.41, 5.74) is 0. The Kier molecular flexibility index (Phi) is 7.24. The van der Waals surface area contributed by atoms with Gasteiger partial charge in [0.05, 0.1) is 0 Å². The molecule has 8 heteroatoms. The normalized spacial score (nSPS) is 15.3. The molecule has 1 aromatic rings. The van der Waals surface area contributed by atoms with Crippen LogP contribution in [0.5, 0.6) is 5.75 Å². The van der Waals surface area contributed by atoms with Crippen molar-refractivity contribution < 1.29 is 23.9 Å². The van der Waals surface area contributed by atoms with E-state index in [0.29, 0.717) is 5.75 Å². The van der Waals surface area contributed by atoms with E-state index in [1.165, 1.54) is 6.92 Å². The zero-order valence-electron chi connectivity index (χ0n) is 13.9. The quantitative estimate of drug-likeness (QED) is 0.700. The van der Waals surface area contributed by atoms with Crippen molar-refractivity contribution in [1.82, 2.24) is 10.6 Å². The number of hydrogen-bond donors (Lipinski definition) is 2. The van der Waals surface area contributed by atoms with Crippen molar-refractivity contribution >= 4 is 33.8 Å². The van der Waals surface area contributed by atoms with E-state index in [9.17, 15) is 14.4 Å². The van der Waals surface area contributed by atoms with Gasteiger partial charge in [0.2, 0.25) is 0 Å². The molecule has 0 aromatic heterocycles. The van der Waals surface area contributed by atoms with Crippen molar-refractivity contribution in [3.05, 3.63) is 28.7 Å². The summed E-state index contributed by atoms with van der Waals surface area (Å²) < 4.78 is 11.1. The molecule has 1 aliphatic carbocycles. The number of urea groups is 1. The predicted octanol–water partition coefficient (Wildman–Crippen LogP) is 2.53. The topological polar surface area (TPSA) is 93.7 Å². The number of hydrogen-bond acceptors (Lipinski definition) is 5. The number of halogens is 1. The number of imide groups is 1. The standard InChI is InChI=1S/C17H21BrN2O5/c1-11(16(22)20-17(23)19-13-6-2-3-7-13)25-15(21)10-24-14-8-4-5-12(18)9-14/h4-5,8-9,11,13H,2-3,6-7,10H2,1H3,(H2,19,20,22,23). The molecule has 0 radical (unpaired) electrons. The minimum atomic E-state index is -1.09. The molecule has 1 atom stereocenters. The first kappa shape index (κ1) is 19.2. The smallest absolute Gasteiger partial charge is 0.344 e. The molecule has 2 rings (SSSR count). The van der Waals surface area contributed by atoms with Gasteiger partial charge in [-0.2, -0.15) is 0 Å². The molecule has 3 amide bonds. The molecule has 1 fully saturated rings. The Morgan fingerprint density at radius 2 is 2.00 bits per heavy atom. The molecule has 0 spiro atoms. The summed E-state index contributed by atoms with van der Waals surface area (Å²) >= 11 is 3.30. The van der Waals surface area contributed by atoms with Crippen molar-refractivity contribution in [1.29, 1.82) is 0 Å². The van der Waals surface area contributed by atoms with E-state index in [1.54, 1.807) is 18.2 Å². The van der Waals surface area contributed by atoms with Gasteiger partial charge in [-0.15, -0.1) is 0 Å². The predicted molar refractivity (Wildman–Crippen MR) is 94.1 cm³/mol. The minimum absolute atomic E-state index is 0.101. The molecular weight excluding hydrogens is 392 g/mol. The van der Waals surface area contributed by atoms with Gasteiger partial charge in [0.1, 0.15) is 5.75 Å². The highest BCUT2D eigenvalue weighted by Crippen LogP contribution is 2.18. The molecule has 1 unspecified atom stereocenters. The van der Waals surface area contributed by atoms with Crippen molar-refractivity contribution in [2.24, 2.45) is 0 Å². The van der Waals surface area contributed by atoms with Gasteiger partial charge >= 0.3 is 12.0 Å². The Morgan fingerprint density at radius 3 is 2.68 bits per heavy atom. The number of nitrogens with one attached hydrogen (secondary N) is 2. The van der Waals surface area contributed by atoms with Gasteiger partial charge in [0.25, 0.3) is 5.91 Å². The Labute approximate surface area is 154 Å². The zero-order valence-corrected chi connectivity index (χ0v) is 15.5. The van der Waals surface area contributed by atoms with Crippen LogP contribution < -0.4 is 15.4 Å². The summed E-state index contributed by atoms with van der Waals surface area (Å²) in [6.45, 7) is 1.07. The van der Waals surface area contributed by atoms with Crippen LogP contribution in [0.25, 0.3) is 0 Å². The fraction of sp³-hybridized carbons (Fsp3) is 0.471. The molecule has 25 heavy (non-hydrogen) atoms. The number of carbonyl (C=O) groups excluding carboxylic acids is 3. The Morgan fingerprint density at radius 1 is 1.28 bits per heavy atom. The van der Waals surface area contributed by atoms with Gasteiger partial charge in [-0.1, -0.05) is 34.8 Å². The summed E-state index contributed by atoms with van der Waals surface area (Å²) in [5, 5.41) is 4.91. The molecule has 0 heterocycles. The van der Waals surface area contributed by atoms with Crippen LogP contribution in [-0.4, -0.2) is 36.7 Å². The maximum Gasteiger partial charge on any atom is 0.344 e. The molecule has 0 bridgehead atoms. The largest absolute Gasteiger partial charge is 0.482 e. The van der Waals surface area contributed by atoms with E-state index in [4.69, 9.17) is 9.47 Å². The van der Waals surface area contributed by atoms with Crippen molar-refractivity contribution in [2.75, 3.05) is 6.61 Å². The highest BCUT2D eigenvalue weighted by Gasteiger charge is 2.22. The third-order valence-electron chi connectivity index (χ3n) is 3.76. The lowest BCUT2D eigenvalue weighted by molar-refractivity contribution is -0.156. The van der Waals surface area contributed by atoms with Crippen molar-refractivity contribution in [3.63, 3.8) is 0 Å². The summed E-state index contributed by atoms with van der Waals surface area (Å²) in [4.78, 5) is 35.4. The maximum absolute atomic E-state index is 11.9. The van der Waals surface area contributed by atoms with Gasteiger partial charge in [-0.3, -0.25) is 10.1 Å². The number of ether oxygens (including phenoxy) is 2. The Balaban J connectivity index is 1.70. The van der Waals surface area contributed by atoms with Gasteiger partial charge in [-0.05, 0) is 38.0 Å². The first-order valence-electron chi connectivity index (χ1n) is 8.13. The summed E-state index contributed by atoms with van der Waals surface area (Å²) in [6.07, 6.45) is 2.89. The van der Waals surface area contributed by atoms with Gasteiger partial charge in [0, 0.05) is 10.5 Å². The average molecular weight is 413 g/mol. The summed E-state index contributed by atoms with van der Waals surface area (Å²) in [7, 11) is 0. The second-order valence-electron chi connectivity index (χ2n) is 5.82. The van der Waals surface area contributed by atoms with E-state index in [2.05, 4.69) is 26.6 Å². The number of esters is 1. The van der Waals surface area contributed by atoms with Crippen LogP contribution in [-0.2, 0) is 14.3 Å². The first-order valence-corrected chi connectivity index (χ1v) is 8.92. The fourth-order valence-corrected chi connectivity index (χ4v) is 2.87. The zero-order chi connectivity index (χ0) is 18.2. The minimum Gasteiger partial charge on any atom is -0.482 e. The number of amides is 3. The lowest BCUT2D eigenvalue weighted by Crippen LogP contribution is -2.47. The SMILES string of the molecule is CC(OC(=O)COc1cccc(Br)c1)C(=O)NC(=O)NC1CCCC1. The molecule has 0 aliphatic heterocycles. The third kappa shape index (κ3) is 6.74. The first-order chi connectivity index (χ1) is 11.9. The monoisotopic (exact) mass is 412 g/mol. The van der Waals surface area contributed by atoms with Crippen LogP contribution in [0.15, 0.2) is 28.7 Å². The second kappa shape index (κ2) is 9.41. The van der Waals surface area contributed by atoms with E-state index < -0.39 is 24.0 Å². The summed E-state index contributed by atoms with van der Waals surface area (Å²) in [5.74, 6) is -0.871. The second-order valence-corrected chi connectivity index (χ2v) is 6.74. The van der Waals surface area contributed by atoms with Gasteiger partial charge < -0.3 is 14.8 Å². The van der Waals surface area contributed by atoms with E-state index in [1.807, 2.05) is 6.07 Å². The highest BCUT2D eigenvalue weighted by atomic mass is 79.9. The van der Waals surface area contributed by atoms with Crippen LogP contribution in [0.2, 0.25) is 0 Å². The molecule has 0 saturated heterocycles. The van der Waals surface area contributed by atoms with Crippen LogP contribution in [0.3, 0.4) is 0 Å². The number of rotatable bonds is 6. The molecular formula is C17H21BrN2O5. The molecule has 136 valence electrons. The summed E-state index contributed by atoms with van der Waals surface area (Å²) in [6, 6.07) is 6.53. The Bertz CT molecular complexity index is 631. The maximum atomic E-state index is 11.9. The average Bonchev–Trinajstić information content (AvgIpc) is 3.05. The molecule has 1 aromatic carbocycles. The van der Waals surface area contributed by atoms with Crippen LogP contribution in [0.4, 0.5) is 4.79 Å². The highest BCUT2D eigenvalue weighted by molar-refractivity contribution is 9.10. The third-order valence-corrected chi connectivity index (χ3v) is 4.25. The van der Waals surface area contributed by atoms with Crippen LogP contribution in [0, 0.1) is 0 Å². The van der Waals surface area contributed by atoms with Gasteiger partial charge in [-0.25, -0.2) is 9.59 Å². The Hall–Kier alpha value is -2.09. The fourth-order valence-electron chi connectivity index (χ4n) is 2.49. The molecule has 1 aliphatic rings. The van der Waals surface area contributed by atoms with Crippen LogP contribution >= 0.6 is 15.9 Å². The van der Waals surface area contributed by atoms with Crippen LogP contribution in [0.1, 0.15) is 32.6 Å². The number of benzene rings is 1. The van der Waals surface area contributed by atoms with Crippen molar-refractivity contribution in [2.45, 2.75) is 44.8 Å². The number of carbonyl (C=O) groups is 3. The van der Waals surface area contributed by atoms with E-state index >= 15 is 0 Å². The van der Waals surface area contributed by atoms with Gasteiger partial charge in [0.15, 0.2) is 12.7 Å². The van der Waals surface area contributed by atoms with Crippen molar-refractivity contribution in [3.8, 4) is 5.75 Å². The molecule has 2 N–H and O–H groups in total. The lowest BCUT2D eigenvalue weighted by atomic mass is 10.2. The molecule has 7 nitrogen and oxygen atoms in total. The van der Waals surface area contributed by atoms with E-state index in [0.717, 1.165) is 30.2 Å². The van der Waals surface area contributed by atoms with E-state index in [-0.39, 0.29) is 12.6 Å². The molecule has 1 saturated carbocycles.